The highest BCUT2D eigenvalue weighted by Gasteiger charge is 2.49. The van der Waals surface area contributed by atoms with Gasteiger partial charge in [-0.3, -0.25) is 4.79 Å². The Labute approximate surface area is 155 Å². The van der Waals surface area contributed by atoms with E-state index in [1.165, 1.54) is 0 Å². The molecule has 0 heterocycles. The molecule has 1 amide bonds. The van der Waals surface area contributed by atoms with Gasteiger partial charge in [0.25, 0.3) is 5.91 Å². The molecule has 1 rings (SSSR count). The van der Waals surface area contributed by atoms with Gasteiger partial charge in [-0.05, 0) is 26.0 Å². The molecule has 0 bridgehead atoms. The van der Waals surface area contributed by atoms with E-state index in [1.54, 1.807) is 56.3 Å². The average molecular weight is 412 g/mol. The van der Waals surface area contributed by atoms with Gasteiger partial charge < -0.3 is 14.8 Å². The molecule has 0 saturated carbocycles. The van der Waals surface area contributed by atoms with E-state index in [0.717, 1.165) is 0 Å². The summed E-state index contributed by atoms with van der Waals surface area (Å²) in [6, 6.07) is 8.32. The number of carbonyl (C=O) groups excluding carboxylic acids is 3. The van der Waals surface area contributed by atoms with Crippen molar-refractivity contribution in [3.63, 3.8) is 0 Å². The third kappa shape index (κ3) is 5.70. The fraction of sp³-hybridized carbons (Fsp3) is 0.389. The van der Waals surface area contributed by atoms with Gasteiger partial charge in [-0.1, -0.05) is 46.3 Å². The van der Waals surface area contributed by atoms with Crippen LogP contribution in [0.5, 0.6) is 0 Å². The highest BCUT2D eigenvalue weighted by atomic mass is 79.9. The summed E-state index contributed by atoms with van der Waals surface area (Å²) >= 11 is 3.23. The first kappa shape index (κ1) is 20.9. The normalized spacial score (nSPS) is 11.2. The van der Waals surface area contributed by atoms with Gasteiger partial charge in [-0.15, -0.1) is 0 Å². The molecule has 0 aliphatic heterocycles. The molecule has 0 fully saturated rings. The Morgan fingerprint density at radius 2 is 1.60 bits per heavy atom. The van der Waals surface area contributed by atoms with Gasteiger partial charge in [-0.2, -0.15) is 0 Å². The molecule has 25 heavy (non-hydrogen) atoms. The summed E-state index contributed by atoms with van der Waals surface area (Å²) in [7, 11) is 0. The Bertz CT molecular complexity index is 597. The lowest BCUT2D eigenvalue weighted by atomic mass is 9.94. The maximum atomic E-state index is 12.6. The summed E-state index contributed by atoms with van der Waals surface area (Å²) in [6.07, 6.45) is 3.27. The number of halogens is 1. The van der Waals surface area contributed by atoms with Crippen molar-refractivity contribution >= 4 is 33.8 Å². The number of amides is 1. The van der Waals surface area contributed by atoms with Crippen molar-refractivity contribution in [2.75, 3.05) is 18.5 Å². The number of carbonyl (C=O) groups is 3. The monoisotopic (exact) mass is 411 g/mol. The minimum Gasteiger partial charge on any atom is -0.464 e. The van der Waals surface area contributed by atoms with Crippen molar-refractivity contribution in [2.24, 2.45) is 0 Å². The zero-order valence-corrected chi connectivity index (χ0v) is 15.9. The summed E-state index contributed by atoms with van der Waals surface area (Å²) < 4.78 is 10.1. The second-order valence-electron chi connectivity index (χ2n) is 5.00. The number of nitrogens with one attached hydrogen (secondary N) is 1. The van der Waals surface area contributed by atoms with Crippen molar-refractivity contribution in [1.82, 2.24) is 5.32 Å². The number of alkyl halides is 1. The summed E-state index contributed by atoms with van der Waals surface area (Å²) in [4.78, 5) is 37.7. The number of allylic oxidation sites excluding steroid dienone is 1. The van der Waals surface area contributed by atoms with Crippen molar-refractivity contribution in [2.45, 2.75) is 25.8 Å². The summed E-state index contributed by atoms with van der Waals surface area (Å²) in [5.74, 6) is -2.26. The minimum atomic E-state index is -1.93. The molecule has 1 N–H and O–H groups in total. The number of hydrogen-bond acceptors (Lipinski definition) is 5. The van der Waals surface area contributed by atoms with E-state index in [9.17, 15) is 14.4 Å². The van der Waals surface area contributed by atoms with Gasteiger partial charge in [0.1, 0.15) is 0 Å². The maximum Gasteiger partial charge on any atom is 0.344 e. The highest BCUT2D eigenvalue weighted by Crippen LogP contribution is 2.19. The van der Waals surface area contributed by atoms with Crippen molar-refractivity contribution in [1.29, 1.82) is 0 Å². The number of ether oxygens (including phenoxy) is 2. The smallest absolute Gasteiger partial charge is 0.344 e. The third-order valence-corrected chi connectivity index (χ3v) is 3.66. The lowest BCUT2D eigenvalue weighted by Crippen LogP contribution is -2.61. The van der Waals surface area contributed by atoms with E-state index in [2.05, 4.69) is 21.2 Å². The number of benzene rings is 1. The molecule has 7 heteroatoms. The van der Waals surface area contributed by atoms with Crippen molar-refractivity contribution in [3.05, 3.63) is 48.0 Å². The predicted molar refractivity (Wildman–Crippen MR) is 97.5 cm³/mol. The van der Waals surface area contributed by atoms with E-state index < -0.39 is 23.4 Å². The molecular weight excluding hydrogens is 390 g/mol. The first-order chi connectivity index (χ1) is 12.0. The highest BCUT2D eigenvalue weighted by molar-refractivity contribution is 9.09. The van der Waals surface area contributed by atoms with Gasteiger partial charge in [0.05, 0.1) is 13.2 Å². The number of hydrogen-bond donors (Lipinski definition) is 1. The Morgan fingerprint density at radius 3 is 2.08 bits per heavy atom. The lowest BCUT2D eigenvalue weighted by Gasteiger charge is -2.29. The zero-order chi connectivity index (χ0) is 18.7. The van der Waals surface area contributed by atoms with E-state index >= 15 is 0 Å². The topological polar surface area (TPSA) is 81.7 Å². The van der Waals surface area contributed by atoms with E-state index in [4.69, 9.17) is 9.47 Å². The molecule has 0 aliphatic rings. The molecule has 0 aliphatic carbocycles. The molecule has 1 aromatic rings. The summed E-state index contributed by atoms with van der Waals surface area (Å²) in [6.45, 7) is 3.40. The Kier molecular flexibility index (Phi) is 8.91. The predicted octanol–water partition coefficient (Wildman–Crippen LogP) is 2.62. The molecule has 0 radical (unpaired) electrons. The second kappa shape index (κ2) is 10.7. The molecule has 0 unspecified atom stereocenters. The van der Waals surface area contributed by atoms with Gasteiger partial charge in [0, 0.05) is 17.3 Å². The largest absolute Gasteiger partial charge is 0.464 e. The Morgan fingerprint density at radius 1 is 1.04 bits per heavy atom. The third-order valence-electron chi connectivity index (χ3n) is 3.29. The second-order valence-corrected chi connectivity index (χ2v) is 5.64. The van der Waals surface area contributed by atoms with Crippen LogP contribution >= 0.6 is 15.9 Å². The molecule has 0 spiro atoms. The maximum absolute atomic E-state index is 12.6. The van der Waals surface area contributed by atoms with Crippen LogP contribution in [0.1, 0.15) is 30.6 Å². The summed E-state index contributed by atoms with van der Waals surface area (Å²) in [5, 5.41) is 3.06. The minimum absolute atomic E-state index is 0.0728. The van der Waals surface area contributed by atoms with E-state index in [1.807, 2.05) is 0 Å². The standard InChI is InChI=1S/C18H22BrNO5/c1-3-24-16(22)18(12-8-9-13-19,17(23)25-4-2)20-15(21)14-10-6-5-7-11-14/h5-11H,3-4,12-13H2,1-2H3,(H,20,21)/b9-8+. The quantitative estimate of drug-likeness (QED) is 0.292. The molecule has 0 atom stereocenters. The van der Waals surface area contributed by atoms with Gasteiger partial charge in [0.15, 0.2) is 0 Å². The van der Waals surface area contributed by atoms with Crippen molar-refractivity contribution < 1.29 is 23.9 Å². The van der Waals surface area contributed by atoms with Crippen LogP contribution in [0.3, 0.4) is 0 Å². The Balaban J connectivity index is 3.24. The van der Waals surface area contributed by atoms with Gasteiger partial charge >= 0.3 is 11.9 Å². The fourth-order valence-corrected chi connectivity index (χ4v) is 2.35. The number of rotatable bonds is 9. The molecule has 1 aromatic carbocycles. The van der Waals surface area contributed by atoms with E-state index in [0.29, 0.717) is 10.9 Å². The summed E-state index contributed by atoms with van der Waals surface area (Å²) in [5.41, 5.74) is -1.61. The number of esters is 2. The van der Waals surface area contributed by atoms with Crippen molar-refractivity contribution in [3.8, 4) is 0 Å². The van der Waals surface area contributed by atoms with E-state index in [-0.39, 0.29) is 19.6 Å². The molecule has 0 saturated heterocycles. The van der Waals surface area contributed by atoms with Crippen LogP contribution in [0.25, 0.3) is 0 Å². The van der Waals surface area contributed by atoms with Crippen LogP contribution in [0, 0.1) is 0 Å². The van der Waals surface area contributed by atoms with Crippen LogP contribution in [-0.2, 0) is 19.1 Å². The molecule has 0 aromatic heterocycles. The van der Waals surface area contributed by atoms with Crippen LogP contribution in [0.4, 0.5) is 0 Å². The molecule has 136 valence electrons. The fourth-order valence-electron chi connectivity index (χ4n) is 2.09. The first-order valence-electron chi connectivity index (χ1n) is 7.94. The lowest BCUT2D eigenvalue weighted by molar-refractivity contribution is -0.165. The van der Waals surface area contributed by atoms with Crippen LogP contribution in [0.15, 0.2) is 42.5 Å². The zero-order valence-electron chi connectivity index (χ0n) is 14.3. The SMILES string of the molecule is CCOC(=O)C(C/C=C/CBr)(NC(=O)c1ccccc1)C(=O)OCC. The molecular formula is C18H22BrNO5. The Hall–Kier alpha value is -2.15. The first-order valence-corrected chi connectivity index (χ1v) is 9.06. The van der Waals surface area contributed by atoms with Crippen LogP contribution in [-0.4, -0.2) is 41.9 Å². The molecule has 6 nitrogen and oxygen atoms in total. The van der Waals surface area contributed by atoms with Gasteiger partial charge in [0.2, 0.25) is 5.54 Å². The van der Waals surface area contributed by atoms with Crippen LogP contribution < -0.4 is 5.32 Å². The average Bonchev–Trinajstić information content (AvgIpc) is 2.62. The van der Waals surface area contributed by atoms with Crippen LogP contribution in [0.2, 0.25) is 0 Å². The van der Waals surface area contributed by atoms with Gasteiger partial charge in [-0.25, -0.2) is 9.59 Å².